The first-order valence-electron chi connectivity index (χ1n) is 6.94. The van der Waals surface area contributed by atoms with Gasteiger partial charge in [-0.2, -0.15) is 0 Å². The van der Waals surface area contributed by atoms with Crippen molar-refractivity contribution in [2.75, 3.05) is 26.2 Å². The highest BCUT2D eigenvalue weighted by Gasteiger charge is 2.26. The molecule has 0 aromatic carbocycles. The first-order valence-corrected chi connectivity index (χ1v) is 6.94. The first kappa shape index (κ1) is 18.4. The fraction of sp³-hybridized carbons (Fsp3) is 0.294. The van der Waals surface area contributed by atoms with E-state index in [4.69, 9.17) is 0 Å². The Balaban J connectivity index is 5.13. The molecule has 0 aliphatic carbocycles. The molecule has 0 radical (unpaired) electrons. The molecule has 0 N–H and O–H groups in total. The van der Waals surface area contributed by atoms with Gasteiger partial charge in [-0.1, -0.05) is 49.1 Å². The topological polar surface area (TPSA) is 6.48 Å². The van der Waals surface area contributed by atoms with E-state index in [1.54, 1.807) is 6.08 Å². The normalized spacial score (nSPS) is 10.7. The van der Waals surface area contributed by atoms with Crippen LogP contribution in [0.25, 0.3) is 0 Å². The highest BCUT2D eigenvalue weighted by atomic mass is 15.2. The van der Waals surface area contributed by atoms with Gasteiger partial charge in [0.25, 0.3) is 0 Å². The Kier molecular flexibility index (Phi) is 11.5. The average Bonchev–Trinajstić information content (AvgIpc) is 2.44. The third kappa shape index (κ3) is 7.12. The largest absolute Gasteiger partial charge is 0.321 e. The van der Waals surface area contributed by atoms with Crippen molar-refractivity contribution in [3.8, 4) is 0 Å². The van der Waals surface area contributed by atoms with Crippen molar-refractivity contribution in [3.05, 3.63) is 75.4 Å². The molecule has 0 heterocycles. The molecule has 0 aliphatic rings. The fourth-order valence-corrected chi connectivity index (χ4v) is 2.12. The summed E-state index contributed by atoms with van der Waals surface area (Å²) in [5.74, 6) is 0. The number of hydrogen-bond donors (Lipinski definition) is 0. The van der Waals surface area contributed by atoms with Crippen molar-refractivity contribution in [1.29, 1.82) is 0 Å². The summed E-state index contributed by atoms with van der Waals surface area (Å²) in [6, 6.07) is 0. The molecule has 0 amide bonds. The fourth-order valence-electron chi connectivity index (χ4n) is 2.12. The van der Waals surface area contributed by atoms with E-state index < -0.39 is 0 Å². The Morgan fingerprint density at radius 3 is 1.40 bits per heavy atom. The Hall–Kier alpha value is -1.58. The van der Waals surface area contributed by atoms with Crippen LogP contribution in [0.2, 0.25) is 6.32 Å². The molecule has 0 bridgehead atoms. The van der Waals surface area contributed by atoms with E-state index in [-0.39, 0.29) is 6.98 Å². The van der Waals surface area contributed by atoms with Crippen LogP contribution in [-0.2, 0) is 0 Å². The molecule has 0 unspecified atom stereocenters. The van der Waals surface area contributed by atoms with Crippen molar-refractivity contribution in [2.24, 2.45) is 0 Å². The minimum atomic E-state index is 0.262. The van der Waals surface area contributed by atoms with Crippen LogP contribution in [0.5, 0.6) is 0 Å². The van der Waals surface area contributed by atoms with E-state index in [1.807, 2.05) is 30.4 Å². The van der Waals surface area contributed by atoms with Crippen LogP contribution in [0.15, 0.2) is 75.4 Å². The number of hydrogen-bond acceptors (Lipinski definition) is 2. The Morgan fingerprint density at radius 1 is 0.700 bits per heavy atom. The SMILES string of the molecule is C=CC=CCB(N(CC=C)CC=C)N(CC=C)CC=C. The van der Waals surface area contributed by atoms with Crippen molar-refractivity contribution >= 4 is 6.98 Å². The molecule has 0 atom stereocenters. The summed E-state index contributed by atoms with van der Waals surface area (Å²) in [5, 5.41) is 0. The van der Waals surface area contributed by atoms with Crippen molar-refractivity contribution < 1.29 is 0 Å². The summed E-state index contributed by atoms with van der Waals surface area (Å²) in [5.41, 5.74) is 0. The molecule has 0 aromatic rings. The van der Waals surface area contributed by atoms with Crippen molar-refractivity contribution in [2.45, 2.75) is 6.32 Å². The van der Waals surface area contributed by atoms with Gasteiger partial charge in [-0.05, 0) is 6.32 Å². The third-order valence-corrected chi connectivity index (χ3v) is 2.92. The van der Waals surface area contributed by atoms with E-state index in [0.717, 1.165) is 32.5 Å². The maximum atomic E-state index is 3.84. The molecule has 0 aliphatic heterocycles. The summed E-state index contributed by atoms with van der Waals surface area (Å²) in [6.07, 6.45) is 14.5. The predicted molar refractivity (Wildman–Crippen MR) is 93.8 cm³/mol. The molecule has 0 spiro atoms. The lowest BCUT2D eigenvalue weighted by molar-refractivity contribution is 0.421. The summed E-state index contributed by atoms with van der Waals surface area (Å²) >= 11 is 0. The molecular formula is C17H27BN2. The molecule has 3 heteroatoms. The second-order valence-electron chi connectivity index (χ2n) is 4.44. The van der Waals surface area contributed by atoms with E-state index in [2.05, 4.69) is 48.6 Å². The first-order chi connectivity index (χ1) is 9.74. The van der Waals surface area contributed by atoms with Crippen LogP contribution in [0.3, 0.4) is 0 Å². The smallest absolute Gasteiger partial charge is 0.315 e. The number of allylic oxidation sites excluding steroid dienone is 3. The molecule has 20 heavy (non-hydrogen) atoms. The maximum absolute atomic E-state index is 3.84. The minimum absolute atomic E-state index is 0.262. The summed E-state index contributed by atoms with van der Waals surface area (Å²) < 4.78 is 0. The van der Waals surface area contributed by atoms with Gasteiger partial charge in [0, 0.05) is 26.2 Å². The van der Waals surface area contributed by atoms with Gasteiger partial charge in [0.2, 0.25) is 0 Å². The van der Waals surface area contributed by atoms with Crippen LogP contribution in [0.1, 0.15) is 0 Å². The predicted octanol–water partition coefficient (Wildman–Crippen LogP) is 3.56. The van der Waals surface area contributed by atoms with Gasteiger partial charge in [0.15, 0.2) is 0 Å². The minimum Gasteiger partial charge on any atom is -0.321 e. The molecule has 108 valence electrons. The van der Waals surface area contributed by atoms with Crippen molar-refractivity contribution in [1.82, 2.24) is 9.62 Å². The van der Waals surface area contributed by atoms with Crippen LogP contribution in [0.4, 0.5) is 0 Å². The van der Waals surface area contributed by atoms with E-state index in [9.17, 15) is 0 Å². The van der Waals surface area contributed by atoms with Gasteiger partial charge in [-0.25, -0.2) is 0 Å². The zero-order chi connectivity index (χ0) is 15.2. The van der Waals surface area contributed by atoms with Crippen LogP contribution < -0.4 is 0 Å². The van der Waals surface area contributed by atoms with E-state index in [1.165, 1.54) is 0 Å². The van der Waals surface area contributed by atoms with Gasteiger partial charge < -0.3 is 9.62 Å². The van der Waals surface area contributed by atoms with Crippen LogP contribution >= 0.6 is 0 Å². The van der Waals surface area contributed by atoms with E-state index >= 15 is 0 Å². The summed E-state index contributed by atoms with van der Waals surface area (Å²) in [4.78, 5) is 4.67. The quantitative estimate of drug-likeness (QED) is 0.287. The Morgan fingerprint density at radius 2 is 1.10 bits per heavy atom. The monoisotopic (exact) mass is 270 g/mol. The lowest BCUT2D eigenvalue weighted by Crippen LogP contribution is -2.52. The zero-order valence-corrected chi connectivity index (χ0v) is 12.6. The number of nitrogens with zero attached hydrogens (tertiary/aromatic N) is 2. The second-order valence-corrected chi connectivity index (χ2v) is 4.44. The highest BCUT2D eigenvalue weighted by Crippen LogP contribution is 2.09. The third-order valence-electron chi connectivity index (χ3n) is 2.92. The van der Waals surface area contributed by atoms with Crippen LogP contribution in [0, 0.1) is 0 Å². The summed E-state index contributed by atoms with van der Waals surface area (Å²) in [7, 11) is 0. The van der Waals surface area contributed by atoms with Gasteiger partial charge in [-0.3, -0.25) is 0 Å². The Bertz CT molecular complexity index is 303. The second kappa shape index (κ2) is 12.5. The van der Waals surface area contributed by atoms with Gasteiger partial charge in [-0.15, -0.1) is 26.3 Å². The average molecular weight is 270 g/mol. The van der Waals surface area contributed by atoms with Crippen molar-refractivity contribution in [3.63, 3.8) is 0 Å². The van der Waals surface area contributed by atoms with Gasteiger partial charge in [0.05, 0.1) is 0 Å². The zero-order valence-electron chi connectivity index (χ0n) is 12.6. The summed E-state index contributed by atoms with van der Waals surface area (Å²) in [6.45, 7) is 22.6. The van der Waals surface area contributed by atoms with Gasteiger partial charge in [0.1, 0.15) is 0 Å². The molecule has 0 fully saturated rings. The number of rotatable bonds is 13. The molecule has 0 rings (SSSR count). The lowest BCUT2D eigenvalue weighted by atomic mass is 9.67. The lowest BCUT2D eigenvalue weighted by Gasteiger charge is -2.34. The molecule has 0 aromatic heterocycles. The van der Waals surface area contributed by atoms with E-state index in [0.29, 0.717) is 0 Å². The Labute approximate surface area is 125 Å². The highest BCUT2D eigenvalue weighted by molar-refractivity contribution is 6.53. The molecule has 2 nitrogen and oxygen atoms in total. The molecular weight excluding hydrogens is 243 g/mol. The molecule has 0 saturated carbocycles. The molecule has 0 saturated heterocycles. The maximum Gasteiger partial charge on any atom is 0.315 e. The van der Waals surface area contributed by atoms with Gasteiger partial charge >= 0.3 is 6.98 Å². The van der Waals surface area contributed by atoms with Crippen LogP contribution in [-0.4, -0.2) is 42.8 Å². The standard InChI is InChI=1S/C17H27BN2/c1-6-11-12-13-18(19(14-7-2)15-8-3)20(16-9-4)17-10-5/h6-12H,1-5,13-17H2.